The van der Waals surface area contributed by atoms with Crippen molar-refractivity contribution in [3.05, 3.63) is 20.7 Å². The smallest absolute Gasteiger partial charge is 0.210 e. The molecule has 0 amide bonds. The summed E-state index contributed by atoms with van der Waals surface area (Å²) in [7, 11) is 0. The maximum atomic E-state index is 3.91. The van der Waals surface area contributed by atoms with E-state index < -0.39 is 0 Å². The van der Waals surface area contributed by atoms with Crippen molar-refractivity contribution in [2.75, 3.05) is 5.32 Å². The standard InChI is InChI=1S/C6H4BrN3S2/c7-5-9-10-6(12-5)8-4-1-2-11-3-4/h1-3H,(H,8,10). The molecule has 0 aliphatic rings. The Morgan fingerprint density at radius 3 is 2.92 bits per heavy atom. The maximum Gasteiger partial charge on any atom is 0.210 e. The van der Waals surface area contributed by atoms with Crippen molar-refractivity contribution in [3.63, 3.8) is 0 Å². The van der Waals surface area contributed by atoms with Gasteiger partial charge in [0.05, 0.1) is 5.69 Å². The lowest BCUT2D eigenvalue weighted by Crippen LogP contribution is -1.85. The van der Waals surface area contributed by atoms with E-state index in [1.807, 2.05) is 16.8 Å². The Bertz CT molecular complexity index is 357. The molecule has 6 heteroatoms. The summed E-state index contributed by atoms with van der Waals surface area (Å²) in [6, 6.07) is 2.00. The first-order valence-electron chi connectivity index (χ1n) is 3.13. The van der Waals surface area contributed by atoms with Gasteiger partial charge in [0.2, 0.25) is 5.13 Å². The number of thiophene rings is 1. The van der Waals surface area contributed by atoms with Gasteiger partial charge in [0.1, 0.15) is 0 Å². The van der Waals surface area contributed by atoms with E-state index >= 15 is 0 Å². The van der Waals surface area contributed by atoms with Crippen LogP contribution in [0.2, 0.25) is 0 Å². The molecule has 2 aromatic rings. The average molecular weight is 262 g/mol. The van der Waals surface area contributed by atoms with Gasteiger partial charge >= 0.3 is 0 Å². The Kier molecular flexibility index (Phi) is 2.38. The quantitative estimate of drug-likeness (QED) is 0.903. The van der Waals surface area contributed by atoms with Crippen molar-refractivity contribution < 1.29 is 0 Å². The zero-order valence-corrected chi connectivity index (χ0v) is 9.04. The summed E-state index contributed by atoms with van der Waals surface area (Å²) in [6.45, 7) is 0. The molecule has 0 unspecified atom stereocenters. The van der Waals surface area contributed by atoms with Crippen molar-refractivity contribution in [1.29, 1.82) is 0 Å². The second kappa shape index (κ2) is 3.51. The number of hydrogen-bond acceptors (Lipinski definition) is 5. The van der Waals surface area contributed by atoms with Crippen LogP contribution in [0.3, 0.4) is 0 Å². The summed E-state index contributed by atoms with van der Waals surface area (Å²) in [5, 5.41) is 15.7. The maximum absolute atomic E-state index is 3.91. The van der Waals surface area contributed by atoms with Gasteiger partial charge in [-0.25, -0.2) is 0 Å². The van der Waals surface area contributed by atoms with Crippen LogP contribution in [0, 0.1) is 0 Å². The first-order valence-corrected chi connectivity index (χ1v) is 5.68. The fourth-order valence-corrected chi connectivity index (χ4v) is 2.33. The second-order valence-electron chi connectivity index (χ2n) is 2.00. The highest BCUT2D eigenvalue weighted by Crippen LogP contribution is 2.24. The van der Waals surface area contributed by atoms with Gasteiger partial charge in [-0.3, -0.25) is 0 Å². The number of hydrogen-bond donors (Lipinski definition) is 1. The predicted molar refractivity (Wildman–Crippen MR) is 55.2 cm³/mol. The molecular weight excluding hydrogens is 258 g/mol. The number of anilines is 2. The van der Waals surface area contributed by atoms with Crippen molar-refractivity contribution >= 4 is 49.4 Å². The number of rotatable bonds is 2. The molecule has 0 atom stereocenters. The summed E-state index contributed by atoms with van der Waals surface area (Å²) >= 11 is 6.37. The van der Waals surface area contributed by atoms with E-state index in [1.165, 1.54) is 11.3 Å². The van der Waals surface area contributed by atoms with Crippen LogP contribution in [0.5, 0.6) is 0 Å². The fourth-order valence-electron chi connectivity index (χ4n) is 0.715. The third-order valence-corrected chi connectivity index (χ3v) is 3.13. The SMILES string of the molecule is Brc1nnc(Nc2ccsc2)s1. The lowest BCUT2D eigenvalue weighted by atomic mass is 10.5. The lowest BCUT2D eigenvalue weighted by molar-refractivity contribution is 1.07. The van der Waals surface area contributed by atoms with Crippen LogP contribution < -0.4 is 5.32 Å². The number of nitrogens with zero attached hydrogens (tertiary/aromatic N) is 2. The summed E-state index contributed by atoms with van der Waals surface area (Å²) < 4.78 is 0.792. The van der Waals surface area contributed by atoms with Crippen LogP contribution in [0.4, 0.5) is 10.8 Å². The molecule has 0 spiro atoms. The first-order chi connectivity index (χ1) is 5.84. The monoisotopic (exact) mass is 261 g/mol. The molecule has 0 saturated heterocycles. The van der Waals surface area contributed by atoms with Crippen molar-refractivity contribution in [2.45, 2.75) is 0 Å². The van der Waals surface area contributed by atoms with E-state index in [0.29, 0.717) is 0 Å². The molecule has 2 heterocycles. The Balaban J connectivity index is 2.14. The Labute approximate surface area is 85.6 Å². The van der Waals surface area contributed by atoms with Gasteiger partial charge in [-0.1, -0.05) is 11.3 Å². The molecule has 0 bridgehead atoms. The van der Waals surface area contributed by atoms with Gasteiger partial charge in [-0.2, -0.15) is 11.3 Å². The zero-order valence-electron chi connectivity index (χ0n) is 5.82. The second-order valence-corrected chi connectivity index (χ2v) is 5.03. The minimum Gasteiger partial charge on any atom is -0.329 e. The largest absolute Gasteiger partial charge is 0.329 e. The molecule has 0 radical (unpaired) electrons. The molecule has 0 saturated carbocycles. The highest BCUT2D eigenvalue weighted by Gasteiger charge is 2.00. The number of halogens is 1. The Hall–Kier alpha value is -0.460. The third-order valence-electron chi connectivity index (χ3n) is 1.17. The number of nitrogens with one attached hydrogen (secondary N) is 1. The topological polar surface area (TPSA) is 37.8 Å². The summed E-state index contributed by atoms with van der Waals surface area (Å²) in [4.78, 5) is 0. The third kappa shape index (κ3) is 1.82. The minimum atomic E-state index is 0.792. The van der Waals surface area contributed by atoms with E-state index in [-0.39, 0.29) is 0 Å². The van der Waals surface area contributed by atoms with Crippen LogP contribution in [0.15, 0.2) is 20.7 Å². The highest BCUT2D eigenvalue weighted by molar-refractivity contribution is 9.11. The van der Waals surface area contributed by atoms with E-state index in [9.17, 15) is 0 Å². The molecule has 2 rings (SSSR count). The van der Waals surface area contributed by atoms with Gasteiger partial charge in [-0.15, -0.1) is 10.2 Å². The van der Waals surface area contributed by atoms with Crippen molar-refractivity contribution in [2.24, 2.45) is 0 Å². The molecule has 12 heavy (non-hydrogen) atoms. The van der Waals surface area contributed by atoms with Gasteiger partial charge in [0, 0.05) is 5.38 Å². The summed E-state index contributed by atoms with van der Waals surface area (Å²) in [6.07, 6.45) is 0. The highest BCUT2D eigenvalue weighted by atomic mass is 79.9. The van der Waals surface area contributed by atoms with Gasteiger partial charge in [-0.05, 0) is 27.4 Å². The van der Waals surface area contributed by atoms with Gasteiger partial charge in [0.25, 0.3) is 0 Å². The molecule has 0 aliphatic heterocycles. The van der Waals surface area contributed by atoms with Crippen LogP contribution >= 0.6 is 38.6 Å². The minimum absolute atomic E-state index is 0.792. The van der Waals surface area contributed by atoms with E-state index in [2.05, 4.69) is 31.4 Å². The normalized spacial score (nSPS) is 10.1. The first kappa shape index (κ1) is 8.15. The molecule has 62 valence electrons. The Morgan fingerprint density at radius 2 is 2.33 bits per heavy atom. The molecule has 3 nitrogen and oxygen atoms in total. The molecule has 1 N–H and O–H groups in total. The molecular formula is C6H4BrN3S2. The van der Waals surface area contributed by atoms with Crippen LogP contribution in [-0.2, 0) is 0 Å². The molecule has 0 aromatic carbocycles. The van der Waals surface area contributed by atoms with Gasteiger partial charge < -0.3 is 5.32 Å². The van der Waals surface area contributed by atoms with E-state index in [1.54, 1.807) is 11.3 Å². The molecule has 0 fully saturated rings. The van der Waals surface area contributed by atoms with Crippen LogP contribution in [0.25, 0.3) is 0 Å². The molecule has 2 aromatic heterocycles. The predicted octanol–water partition coefficient (Wildman–Crippen LogP) is 3.11. The average Bonchev–Trinajstić information content (AvgIpc) is 2.63. The Morgan fingerprint density at radius 1 is 1.42 bits per heavy atom. The lowest BCUT2D eigenvalue weighted by Gasteiger charge is -1.93. The van der Waals surface area contributed by atoms with Crippen molar-refractivity contribution in [3.8, 4) is 0 Å². The van der Waals surface area contributed by atoms with Crippen LogP contribution in [0.1, 0.15) is 0 Å². The van der Waals surface area contributed by atoms with Gasteiger partial charge in [0.15, 0.2) is 3.92 Å². The van der Waals surface area contributed by atoms with Crippen LogP contribution in [-0.4, -0.2) is 10.2 Å². The van der Waals surface area contributed by atoms with Crippen molar-refractivity contribution in [1.82, 2.24) is 10.2 Å². The zero-order chi connectivity index (χ0) is 8.39. The summed E-state index contributed by atoms with van der Waals surface area (Å²) in [5.74, 6) is 0. The fraction of sp³-hybridized carbons (Fsp3) is 0. The van der Waals surface area contributed by atoms with E-state index in [0.717, 1.165) is 14.7 Å². The number of aromatic nitrogens is 2. The van der Waals surface area contributed by atoms with E-state index in [4.69, 9.17) is 0 Å². The summed E-state index contributed by atoms with van der Waals surface area (Å²) in [5.41, 5.74) is 1.06. The molecule has 0 aliphatic carbocycles.